The number of ketones is 1. The molecule has 1 aliphatic heterocycles. The Morgan fingerprint density at radius 2 is 2.21 bits per heavy atom. The van der Waals surface area contributed by atoms with E-state index in [0.29, 0.717) is 28.6 Å². The van der Waals surface area contributed by atoms with Crippen molar-refractivity contribution in [3.05, 3.63) is 33.8 Å². The zero-order chi connectivity index (χ0) is 13.8. The molecule has 0 aromatic heterocycles. The van der Waals surface area contributed by atoms with E-state index in [1.54, 1.807) is 18.2 Å². The molecule has 1 aromatic rings. The van der Waals surface area contributed by atoms with Crippen molar-refractivity contribution in [3.63, 3.8) is 0 Å². The van der Waals surface area contributed by atoms with Gasteiger partial charge in [0.05, 0.1) is 16.7 Å². The van der Waals surface area contributed by atoms with E-state index in [1.807, 2.05) is 0 Å². The van der Waals surface area contributed by atoms with Crippen molar-refractivity contribution in [2.45, 2.75) is 25.3 Å². The maximum absolute atomic E-state index is 12.1. The number of nitrogens with zero attached hydrogens (tertiary/aromatic N) is 1. The SMILES string of the molecule is O=C(CCN1CCCC1CO)c1cccc(Cl)c1Cl. The van der Waals surface area contributed by atoms with Crippen LogP contribution in [0.25, 0.3) is 0 Å². The van der Waals surface area contributed by atoms with Gasteiger partial charge in [-0.1, -0.05) is 29.3 Å². The largest absolute Gasteiger partial charge is 0.395 e. The molecule has 1 fully saturated rings. The van der Waals surface area contributed by atoms with E-state index in [9.17, 15) is 9.90 Å². The molecule has 1 aromatic carbocycles. The highest BCUT2D eigenvalue weighted by Gasteiger charge is 2.24. The van der Waals surface area contributed by atoms with Crippen LogP contribution in [-0.2, 0) is 0 Å². The number of halogens is 2. The van der Waals surface area contributed by atoms with Crippen LogP contribution in [0, 0.1) is 0 Å². The molecule has 1 saturated heterocycles. The van der Waals surface area contributed by atoms with Crippen LogP contribution in [0.2, 0.25) is 10.0 Å². The monoisotopic (exact) mass is 301 g/mol. The third-order valence-electron chi connectivity index (χ3n) is 3.59. The van der Waals surface area contributed by atoms with Crippen molar-refractivity contribution in [1.82, 2.24) is 4.90 Å². The number of Topliss-reactive ketones (excluding diaryl/α,β-unsaturated/α-hetero) is 1. The molecule has 2 rings (SSSR count). The average Bonchev–Trinajstić information content (AvgIpc) is 2.86. The van der Waals surface area contributed by atoms with Gasteiger partial charge in [-0.15, -0.1) is 0 Å². The second kappa shape index (κ2) is 6.71. The maximum atomic E-state index is 12.1. The Kier molecular flexibility index (Phi) is 5.22. The van der Waals surface area contributed by atoms with Gasteiger partial charge in [-0.05, 0) is 31.5 Å². The van der Waals surface area contributed by atoms with Crippen LogP contribution in [0.4, 0.5) is 0 Å². The summed E-state index contributed by atoms with van der Waals surface area (Å²) in [7, 11) is 0. The van der Waals surface area contributed by atoms with Crippen LogP contribution in [0.3, 0.4) is 0 Å². The van der Waals surface area contributed by atoms with E-state index >= 15 is 0 Å². The van der Waals surface area contributed by atoms with Crippen molar-refractivity contribution in [1.29, 1.82) is 0 Å². The lowest BCUT2D eigenvalue weighted by atomic mass is 10.1. The molecule has 1 aliphatic rings. The topological polar surface area (TPSA) is 40.5 Å². The fourth-order valence-electron chi connectivity index (χ4n) is 2.50. The van der Waals surface area contributed by atoms with Crippen molar-refractivity contribution in [2.24, 2.45) is 0 Å². The molecule has 3 nitrogen and oxygen atoms in total. The van der Waals surface area contributed by atoms with Crippen LogP contribution < -0.4 is 0 Å². The van der Waals surface area contributed by atoms with E-state index in [-0.39, 0.29) is 18.4 Å². The summed E-state index contributed by atoms with van der Waals surface area (Å²) in [5.41, 5.74) is 0.480. The average molecular weight is 302 g/mol. The molecule has 1 N–H and O–H groups in total. The highest BCUT2D eigenvalue weighted by Crippen LogP contribution is 2.26. The maximum Gasteiger partial charge on any atom is 0.165 e. The Labute approximate surface area is 123 Å². The smallest absolute Gasteiger partial charge is 0.165 e. The van der Waals surface area contributed by atoms with E-state index in [1.165, 1.54) is 0 Å². The summed E-state index contributed by atoms with van der Waals surface area (Å²) in [4.78, 5) is 14.3. The van der Waals surface area contributed by atoms with E-state index < -0.39 is 0 Å². The van der Waals surface area contributed by atoms with Gasteiger partial charge in [-0.25, -0.2) is 0 Å². The van der Waals surface area contributed by atoms with Gasteiger partial charge in [0.25, 0.3) is 0 Å². The van der Waals surface area contributed by atoms with Crippen LogP contribution in [0.15, 0.2) is 18.2 Å². The molecule has 0 radical (unpaired) electrons. The van der Waals surface area contributed by atoms with Crippen molar-refractivity contribution in [3.8, 4) is 0 Å². The minimum atomic E-state index is -0.00362. The Bertz CT molecular complexity index is 465. The minimum absolute atomic E-state index is 0.00362. The van der Waals surface area contributed by atoms with Gasteiger partial charge in [0, 0.05) is 24.6 Å². The number of aliphatic hydroxyl groups is 1. The molecule has 104 valence electrons. The summed E-state index contributed by atoms with van der Waals surface area (Å²) in [6.45, 7) is 1.76. The standard InChI is InChI=1S/C14H17Cl2NO2/c15-12-5-1-4-11(14(12)16)13(19)6-8-17-7-2-3-10(17)9-18/h1,4-5,10,18H,2-3,6-9H2. The van der Waals surface area contributed by atoms with Crippen LogP contribution in [0.5, 0.6) is 0 Å². The van der Waals surface area contributed by atoms with Crippen molar-refractivity contribution < 1.29 is 9.90 Å². The molecule has 0 aliphatic carbocycles. The highest BCUT2D eigenvalue weighted by molar-refractivity contribution is 6.43. The third kappa shape index (κ3) is 3.48. The zero-order valence-electron chi connectivity index (χ0n) is 10.6. The molecule has 1 heterocycles. The zero-order valence-corrected chi connectivity index (χ0v) is 12.1. The number of hydrogen-bond donors (Lipinski definition) is 1. The molecule has 0 bridgehead atoms. The number of hydrogen-bond acceptors (Lipinski definition) is 3. The second-order valence-corrected chi connectivity index (χ2v) is 5.57. The lowest BCUT2D eigenvalue weighted by Gasteiger charge is -2.22. The Morgan fingerprint density at radius 1 is 1.42 bits per heavy atom. The van der Waals surface area contributed by atoms with Gasteiger partial charge in [0.1, 0.15) is 0 Å². The van der Waals surface area contributed by atoms with Gasteiger partial charge < -0.3 is 5.11 Å². The van der Waals surface area contributed by atoms with E-state index in [2.05, 4.69) is 4.90 Å². The number of carbonyl (C=O) groups is 1. The van der Waals surface area contributed by atoms with Gasteiger partial charge >= 0.3 is 0 Å². The molecular formula is C14H17Cl2NO2. The van der Waals surface area contributed by atoms with E-state index in [4.69, 9.17) is 23.2 Å². The number of likely N-dealkylation sites (tertiary alicyclic amines) is 1. The predicted molar refractivity (Wildman–Crippen MR) is 77.1 cm³/mol. The normalized spacial score (nSPS) is 19.8. The Hall–Kier alpha value is -0.610. The minimum Gasteiger partial charge on any atom is -0.395 e. The molecule has 0 saturated carbocycles. The molecule has 19 heavy (non-hydrogen) atoms. The number of aliphatic hydroxyl groups excluding tert-OH is 1. The molecule has 0 amide bonds. The fourth-order valence-corrected chi connectivity index (χ4v) is 2.90. The summed E-state index contributed by atoms with van der Waals surface area (Å²) in [6.07, 6.45) is 2.48. The summed E-state index contributed by atoms with van der Waals surface area (Å²) < 4.78 is 0. The number of benzene rings is 1. The van der Waals surface area contributed by atoms with Gasteiger partial charge in [-0.3, -0.25) is 9.69 Å². The van der Waals surface area contributed by atoms with Crippen molar-refractivity contribution in [2.75, 3.05) is 19.7 Å². The molecule has 0 spiro atoms. The fraction of sp³-hybridized carbons (Fsp3) is 0.500. The predicted octanol–water partition coefficient (Wildman–Crippen LogP) is 3.02. The Balaban J connectivity index is 1.96. The summed E-state index contributed by atoms with van der Waals surface area (Å²) >= 11 is 11.9. The van der Waals surface area contributed by atoms with Crippen LogP contribution >= 0.6 is 23.2 Å². The molecule has 5 heteroatoms. The highest BCUT2D eigenvalue weighted by atomic mass is 35.5. The lowest BCUT2D eigenvalue weighted by Crippen LogP contribution is -2.33. The first-order valence-corrected chi connectivity index (χ1v) is 7.21. The lowest BCUT2D eigenvalue weighted by molar-refractivity contribution is 0.0946. The first kappa shape index (κ1) is 14.8. The van der Waals surface area contributed by atoms with E-state index in [0.717, 1.165) is 19.4 Å². The molecular weight excluding hydrogens is 285 g/mol. The van der Waals surface area contributed by atoms with Crippen LogP contribution in [0.1, 0.15) is 29.6 Å². The number of carbonyl (C=O) groups excluding carboxylic acids is 1. The van der Waals surface area contributed by atoms with Crippen molar-refractivity contribution >= 4 is 29.0 Å². The Morgan fingerprint density at radius 3 is 2.95 bits per heavy atom. The molecule has 1 atom stereocenters. The first-order chi connectivity index (χ1) is 9.13. The van der Waals surface area contributed by atoms with Gasteiger partial charge in [-0.2, -0.15) is 0 Å². The summed E-state index contributed by atoms with van der Waals surface area (Å²) in [5, 5.41) is 9.97. The second-order valence-electron chi connectivity index (χ2n) is 4.79. The van der Waals surface area contributed by atoms with Gasteiger partial charge in [0.15, 0.2) is 5.78 Å². The summed E-state index contributed by atoms with van der Waals surface area (Å²) in [5.74, 6) is -0.00362. The quantitative estimate of drug-likeness (QED) is 0.850. The number of rotatable bonds is 5. The van der Waals surface area contributed by atoms with Crippen LogP contribution in [-0.4, -0.2) is 41.5 Å². The van der Waals surface area contributed by atoms with Gasteiger partial charge in [0.2, 0.25) is 0 Å². The summed E-state index contributed by atoms with van der Waals surface area (Å²) in [6, 6.07) is 5.29. The first-order valence-electron chi connectivity index (χ1n) is 6.45. The molecule has 1 unspecified atom stereocenters. The third-order valence-corrected chi connectivity index (χ3v) is 4.41.